The van der Waals surface area contributed by atoms with Crippen LogP contribution in [0.5, 0.6) is 5.75 Å². The smallest absolute Gasteiger partial charge is 0.249 e. The molecule has 0 spiro atoms. The van der Waals surface area contributed by atoms with Crippen LogP contribution in [0.4, 0.5) is 0 Å². The lowest BCUT2D eigenvalue weighted by molar-refractivity contribution is -0.130. The van der Waals surface area contributed by atoms with Gasteiger partial charge in [-0.3, -0.25) is 4.79 Å². The van der Waals surface area contributed by atoms with Gasteiger partial charge in [-0.25, -0.2) is 4.68 Å². The summed E-state index contributed by atoms with van der Waals surface area (Å²) in [4.78, 5) is 12.4. The van der Waals surface area contributed by atoms with E-state index in [9.17, 15) is 4.79 Å². The number of nitrogens with zero attached hydrogens (tertiary/aromatic N) is 2. The second-order valence-corrected chi connectivity index (χ2v) is 6.61. The summed E-state index contributed by atoms with van der Waals surface area (Å²) >= 11 is 0. The SMILES string of the molecule is COc1ccc(-n2ncc3c2CCC[C@@H]3NC(=O)[C@H]2CCCO2)cc1. The Morgan fingerprint density at radius 3 is 2.84 bits per heavy atom. The Balaban J connectivity index is 1.56. The molecule has 2 aliphatic rings. The lowest BCUT2D eigenvalue weighted by atomic mass is 9.92. The Morgan fingerprint density at radius 1 is 1.28 bits per heavy atom. The molecule has 0 bridgehead atoms. The quantitative estimate of drug-likeness (QED) is 0.928. The molecule has 6 heteroatoms. The first-order valence-electron chi connectivity index (χ1n) is 8.89. The van der Waals surface area contributed by atoms with Crippen LogP contribution in [0.3, 0.4) is 0 Å². The number of benzene rings is 1. The molecule has 1 aliphatic carbocycles. The Bertz CT molecular complexity index is 748. The van der Waals surface area contributed by atoms with Gasteiger partial charge in [-0.2, -0.15) is 5.10 Å². The van der Waals surface area contributed by atoms with E-state index >= 15 is 0 Å². The maximum absolute atomic E-state index is 12.4. The molecule has 0 radical (unpaired) electrons. The number of rotatable bonds is 4. The van der Waals surface area contributed by atoms with Gasteiger partial charge in [-0.15, -0.1) is 0 Å². The number of carbonyl (C=O) groups excluding carboxylic acids is 1. The van der Waals surface area contributed by atoms with Gasteiger partial charge in [0.25, 0.3) is 0 Å². The third-order valence-electron chi connectivity index (χ3n) is 5.04. The van der Waals surface area contributed by atoms with Gasteiger partial charge in [0.2, 0.25) is 5.91 Å². The summed E-state index contributed by atoms with van der Waals surface area (Å²) in [6.45, 7) is 0.684. The number of carbonyl (C=O) groups is 1. The van der Waals surface area contributed by atoms with Crippen LogP contribution in [0.25, 0.3) is 5.69 Å². The van der Waals surface area contributed by atoms with E-state index in [4.69, 9.17) is 9.47 Å². The molecule has 1 aromatic heterocycles. The maximum atomic E-state index is 12.4. The van der Waals surface area contributed by atoms with Crippen molar-refractivity contribution in [1.82, 2.24) is 15.1 Å². The molecular weight excluding hydrogens is 318 g/mol. The van der Waals surface area contributed by atoms with Crippen LogP contribution in [-0.4, -0.2) is 35.5 Å². The average molecular weight is 341 g/mol. The maximum Gasteiger partial charge on any atom is 0.249 e. The van der Waals surface area contributed by atoms with Crippen molar-refractivity contribution in [1.29, 1.82) is 0 Å². The molecule has 2 atom stereocenters. The van der Waals surface area contributed by atoms with E-state index in [1.807, 2.05) is 35.1 Å². The van der Waals surface area contributed by atoms with E-state index in [1.54, 1.807) is 7.11 Å². The monoisotopic (exact) mass is 341 g/mol. The van der Waals surface area contributed by atoms with Crippen LogP contribution in [0.2, 0.25) is 0 Å². The molecule has 1 fully saturated rings. The standard InChI is InChI=1S/C19H23N3O3/c1-24-14-9-7-13(8-10-14)22-17-5-2-4-16(15(17)12-20-22)21-19(23)18-6-3-11-25-18/h7-10,12,16,18H,2-6,11H2,1H3,(H,21,23)/t16-,18+/m0/s1. The summed E-state index contributed by atoms with van der Waals surface area (Å²) in [6, 6.07) is 7.89. The molecule has 4 rings (SSSR count). The highest BCUT2D eigenvalue weighted by molar-refractivity contribution is 5.81. The highest BCUT2D eigenvalue weighted by atomic mass is 16.5. The van der Waals surface area contributed by atoms with Crippen LogP contribution in [-0.2, 0) is 16.0 Å². The van der Waals surface area contributed by atoms with Gasteiger partial charge in [0.05, 0.1) is 25.0 Å². The molecule has 2 aromatic rings. The lowest BCUT2D eigenvalue weighted by Gasteiger charge is -2.25. The van der Waals surface area contributed by atoms with Crippen LogP contribution < -0.4 is 10.1 Å². The molecular formula is C19H23N3O3. The van der Waals surface area contributed by atoms with E-state index in [0.717, 1.165) is 49.1 Å². The van der Waals surface area contributed by atoms with E-state index < -0.39 is 0 Å². The van der Waals surface area contributed by atoms with Gasteiger partial charge in [-0.05, 0) is 56.4 Å². The van der Waals surface area contributed by atoms with Gasteiger partial charge in [0.15, 0.2) is 0 Å². The zero-order chi connectivity index (χ0) is 17.2. The number of methoxy groups -OCH3 is 1. The zero-order valence-corrected chi connectivity index (χ0v) is 14.4. The molecule has 132 valence electrons. The second-order valence-electron chi connectivity index (χ2n) is 6.61. The first-order valence-corrected chi connectivity index (χ1v) is 8.89. The molecule has 1 amide bonds. The van der Waals surface area contributed by atoms with Gasteiger partial charge in [0, 0.05) is 17.9 Å². The molecule has 1 aliphatic heterocycles. The first kappa shape index (κ1) is 16.1. The minimum Gasteiger partial charge on any atom is -0.497 e. The molecule has 1 N–H and O–H groups in total. The van der Waals surface area contributed by atoms with Crippen molar-refractivity contribution in [2.45, 2.75) is 44.2 Å². The van der Waals surface area contributed by atoms with Crippen molar-refractivity contribution < 1.29 is 14.3 Å². The zero-order valence-electron chi connectivity index (χ0n) is 14.4. The number of fused-ring (bicyclic) bond motifs is 1. The number of nitrogens with one attached hydrogen (secondary N) is 1. The third-order valence-corrected chi connectivity index (χ3v) is 5.04. The normalized spacial score (nSPS) is 22.4. The van der Waals surface area contributed by atoms with Gasteiger partial charge in [0.1, 0.15) is 11.9 Å². The minimum atomic E-state index is -0.290. The lowest BCUT2D eigenvalue weighted by Crippen LogP contribution is -2.38. The Hall–Kier alpha value is -2.34. The van der Waals surface area contributed by atoms with Gasteiger partial charge in [-0.1, -0.05) is 0 Å². The van der Waals surface area contributed by atoms with Crippen LogP contribution >= 0.6 is 0 Å². The topological polar surface area (TPSA) is 65.4 Å². The molecule has 1 saturated heterocycles. The minimum absolute atomic E-state index is 0.00699. The van der Waals surface area contributed by atoms with Crippen molar-refractivity contribution in [3.63, 3.8) is 0 Å². The largest absolute Gasteiger partial charge is 0.497 e. The van der Waals surface area contributed by atoms with Gasteiger partial charge < -0.3 is 14.8 Å². The molecule has 6 nitrogen and oxygen atoms in total. The van der Waals surface area contributed by atoms with Crippen LogP contribution in [0.1, 0.15) is 43.0 Å². The molecule has 2 heterocycles. The summed E-state index contributed by atoms with van der Waals surface area (Å²) in [5, 5.41) is 7.73. The van der Waals surface area contributed by atoms with E-state index in [1.165, 1.54) is 5.69 Å². The summed E-state index contributed by atoms with van der Waals surface area (Å²) in [5.74, 6) is 0.832. The van der Waals surface area contributed by atoms with Crippen molar-refractivity contribution >= 4 is 5.91 Å². The highest BCUT2D eigenvalue weighted by Gasteiger charge is 2.30. The predicted octanol–water partition coefficient (Wildman–Crippen LogP) is 2.55. The number of aromatic nitrogens is 2. The first-order chi connectivity index (χ1) is 12.3. The number of hydrogen-bond acceptors (Lipinski definition) is 4. The average Bonchev–Trinajstić information content (AvgIpc) is 3.32. The van der Waals surface area contributed by atoms with Crippen molar-refractivity contribution in [3.8, 4) is 11.4 Å². The van der Waals surface area contributed by atoms with Crippen molar-refractivity contribution in [2.24, 2.45) is 0 Å². The van der Waals surface area contributed by atoms with Crippen LogP contribution in [0, 0.1) is 0 Å². The summed E-state index contributed by atoms with van der Waals surface area (Å²) < 4.78 is 12.7. The van der Waals surface area contributed by atoms with E-state index in [0.29, 0.717) is 6.61 Å². The second kappa shape index (κ2) is 6.88. The Labute approximate surface area is 147 Å². The summed E-state index contributed by atoms with van der Waals surface area (Å²) in [6.07, 6.45) is 6.32. The molecule has 0 unspecified atom stereocenters. The molecule has 25 heavy (non-hydrogen) atoms. The fourth-order valence-corrected chi connectivity index (χ4v) is 3.70. The van der Waals surface area contributed by atoms with Crippen molar-refractivity contribution in [3.05, 3.63) is 41.7 Å². The summed E-state index contributed by atoms with van der Waals surface area (Å²) in [5.41, 5.74) is 3.30. The predicted molar refractivity (Wildman–Crippen MR) is 92.9 cm³/mol. The van der Waals surface area contributed by atoms with E-state index in [2.05, 4.69) is 10.4 Å². The van der Waals surface area contributed by atoms with Crippen LogP contribution in [0.15, 0.2) is 30.5 Å². The number of hydrogen-bond donors (Lipinski definition) is 1. The number of ether oxygens (including phenoxy) is 2. The van der Waals surface area contributed by atoms with Crippen molar-refractivity contribution in [2.75, 3.05) is 13.7 Å². The highest BCUT2D eigenvalue weighted by Crippen LogP contribution is 2.31. The Morgan fingerprint density at radius 2 is 2.12 bits per heavy atom. The Kier molecular flexibility index (Phi) is 4.44. The fourth-order valence-electron chi connectivity index (χ4n) is 3.70. The molecule has 1 aromatic carbocycles. The van der Waals surface area contributed by atoms with E-state index in [-0.39, 0.29) is 18.1 Å². The summed E-state index contributed by atoms with van der Waals surface area (Å²) in [7, 11) is 1.66. The fraction of sp³-hybridized carbons (Fsp3) is 0.474. The van der Waals surface area contributed by atoms with Gasteiger partial charge >= 0.3 is 0 Å². The third kappa shape index (κ3) is 3.14. The molecule has 0 saturated carbocycles. The number of amides is 1.